The van der Waals surface area contributed by atoms with Gasteiger partial charge in [-0.1, -0.05) is 6.42 Å². The van der Waals surface area contributed by atoms with E-state index in [4.69, 9.17) is 14.9 Å². The van der Waals surface area contributed by atoms with Gasteiger partial charge >= 0.3 is 0 Å². The van der Waals surface area contributed by atoms with Crippen LogP contribution in [0.4, 0.5) is 0 Å². The summed E-state index contributed by atoms with van der Waals surface area (Å²) in [6.07, 6.45) is 6.05. The normalized spacial score (nSPS) is 16.7. The Bertz CT molecular complexity index is 438. The number of nitrogens with two attached hydrogens (primary N) is 1. The van der Waals surface area contributed by atoms with Gasteiger partial charge in [0.25, 0.3) is 5.91 Å². The minimum absolute atomic E-state index is 0.0869. The van der Waals surface area contributed by atoms with Gasteiger partial charge in [-0.3, -0.25) is 4.79 Å². The molecule has 1 aliphatic rings. The lowest BCUT2D eigenvalue weighted by atomic mass is 9.66. The first-order chi connectivity index (χ1) is 9.69. The molecule has 1 heterocycles. The van der Waals surface area contributed by atoms with Gasteiger partial charge in [-0.2, -0.15) is 0 Å². The van der Waals surface area contributed by atoms with Gasteiger partial charge < -0.3 is 20.2 Å². The van der Waals surface area contributed by atoms with E-state index in [1.807, 2.05) is 6.92 Å². The summed E-state index contributed by atoms with van der Waals surface area (Å²) in [6, 6.07) is 1.70. The lowest BCUT2D eigenvalue weighted by molar-refractivity contribution is 0.0513. The molecular formula is C15H24N2O3. The molecule has 1 amide bonds. The second-order valence-corrected chi connectivity index (χ2v) is 5.49. The third-order valence-electron chi connectivity index (χ3n) is 4.14. The number of carbonyl (C=O) groups excluding carboxylic acids is 1. The van der Waals surface area contributed by atoms with Crippen molar-refractivity contribution in [2.75, 3.05) is 19.8 Å². The van der Waals surface area contributed by atoms with Crippen molar-refractivity contribution in [3.8, 4) is 0 Å². The molecule has 2 rings (SSSR count). The molecule has 20 heavy (non-hydrogen) atoms. The van der Waals surface area contributed by atoms with Crippen LogP contribution in [0.1, 0.15) is 48.7 Å². The third-order valence-corrected chi connectivity index (χ3v) is 4.14. The van der Waals surface area contributed by atoms with E-state index in [-0.39, 0.29) is 11.3 Å². The molecule has 5 nitrogen and oxygen atoms in total. The van der Waals surface area contributed by atoms with E-state index in [9.17, 15) is 4.79 Å². The molecule has 1 aromatic heterocycles. The van der Waals surface area contributed by atoms with Crippen LogP contribution in [-0.2, 0) is 11.3 Å². The summed E-state index contributed by atoms with van der Waals surface area (Å²) >= 11 is 0. The van der Waals surface area contributed by atoms with Gasteiger partial charge in [0, 0.05) is 19.8 Å². The lowest BCUT2D eigenvalue weighted by Crippen LogP contribution is -2.42. The minimum Gasteiger partial charge on any atom is -0.467 e. The van der Waals surface area contributed by atoms with Crippen molar-refractivity contribution in [2.45, 2.75) is 39.2 Å². The van der Waals surface area contributed by atoms with Crippen LogP contribution in [0.25, 0.3) is 0 Å². The first kappa shape index (κ1) is 15.1. The van der Waals surface area contributed by atoms with E-state index in [1.54, 1.807) is 6.07 Å². The molecule has 0 unspecified atom stereocenters. The fraction of sp³-hybridized carbons (Fsp3) is 0.667. The van der Waals surface area contributed by atoms with E-state index in [0.29, 0.717) is 24.4 Å². The van der Waals surface area contributed by atoms with E-state index < -0.39 is 0 Å². The van der Waals surface area contributed by atoms with Gasteiger partial charge in [-0.25, -0.2) is 0 Å². The first-order valence-electron chi connectivity index (χ1n) is 7.32. The highest BCUT2D eigenvalue weighted by molar-refractivity contribution is 5.94. The number of furan rings is 1. The van der Waals surface area contributed by atoms with Gasteiger partial charge in [0.2, 0.25) is 0 Å². The quantitative estimate of drug-likeness (QED) is 0.715. The Hall–Kier alpha value is -1.33. The van der Waals surface area contributed by atoms with Gasteiger partial charge in [0.1, 0.15) is 12.0 Å². The molecule has 1 aliphatic carbocycles. The summed E-state index contributed by atoms with van der Waals surface area (Å²) in [4.78, 5) is 12.0. The molecule has 3 N–H and O–H groups in total. The Morgan fingerprint density at radius 3 is 2.90 bits per heavy atom. The zero-order chi connectivity index (χ0) is 14.4. The highest BCUT2D eigenvalue weighted by Crippen LogP contribution is 2.43. The second kappa shape index (κ2) is 6.90. The van der Waals surface area contributed by atoms with Crippen molar-refractivity contribution >= 4 is 5.91 Å². The van der Waals surface area contributed by atoms with Crippen LogP contribution >= 0.6 is 0 Å². The average Bonchev–Trinajstić information content (AvgIpc) is 2.89. The molecule has 0 bridgehead atoms. The van der Waals surface area contributed by atoms with Crippen molar-refractivity contribution in [3.05, 3.63) is 23.7 Å². The van der Waals surface area contributed by atoms with Gasteiger partial charge in [0.15, 0.2) is 0 Å². The Kier molecular flexibility index (Phi) is 5.20. The van der Waals surface area contributed by atoms with Crippen LogP contribution in [0.3, 0.4) is 0 Å². The number of hydrogen-bond acceptors (Lipinski definition) is 4. The molecule has 112 valence electrons. The monoisotopic (exact) mass is 280 g/mol. The van der Waals surface area contributed by atoms with Crippen LogP contribution in [0, 0.1) is 5.41 Å². The highest BCUT2D eigenvalue weighted by Gasteiger charge is 2.36. The molecule has 0 saturated heterocycles. The van der Waals surface area contributed by atoms with Crippen LogP contribution < -0.4 is 11.1 Å². The fourth-order valence-corrected chi connectivity index (χ4v) is 2.60. The fourth-order valence-electron chi connectivity index (χ4n) is 2.60. The number of amides is 1. The molecule has 5 heteroatoms. The number of nitrogens with one attached hydrogen (secondary N) is 1. The number of hydrogen-bond donors (Lipinski definition) is 2. The molecule has 0 aromatic carbocycles. The smallest absolute Gasteiger partial charge is 0.254 e. The zero-order valence-corrected chi connectivity index (χ0v) is 12.1. The SMILES string of the molecule is CCOCCC1(CNC(=O)c2coc(CN)c2)CCC1. The lowest BCUT2D eigenvalue weighted by Gasteiger charge is -2.42. The number of ether oxygens (including phenoxy) is 1. The summed E-state index contributed by atoms with van der Waals surface area (Å²) in [5.41, 5.74) is 6.24. The van der Waals surface area contributed by atoms with Crippen molar-refractivity contribution in [2.24, 2.45) is 11.1 Å². The summed E-state index contributed by atoms with van der Waals surface area (Å²) in [6.45, 7) is 4.55. The van der Waals surface area contributed by atoms with Crippen molar-refractivity contribution in [1.29, 1.82) is 0 Å². The molecule has 1 saturated carbocycles. The summed E-state index contributed by atoms with van der Waals surface area (Å²) in [5, 5.41) is 3.01. The Balaban J connectivity index is 1.82. The number of carbonyl (C=O) groups is 1. The minimum atomic E-state index is -0.0869. The Labute approximate surface area is 119 Å². The average molecular weight is 280 g/mol. The topological polar surface area (TPSA) is 77.5 Å². The van der Waals surface area contributed by atoms with E-state index in [1.165, 1.54) is 25.5 Å². The second-order valence-electron chi connectivity index (χ2n) is 5.49. The standard InChI is InChI=1S/C15H24N2O3/c1-2-19-7-6-15(4-3-5-15)11-17-14(18)12-8-13(9-16)20-10-12/h8,10H,2-7,9,11,16H2,1H3,(H,17,18). The maximum Gasteiger partial charge on any atom is 0.254 e. The van der Waals surface area contributed by atoms with E-state index in [2.05, 4.69) is 5.32 Å². The first-order valence-corrected chi connectivity index (χ1v) is 7.32. The summed E-state index contributed by atoms with van der Waals surface area (Å²) in [7, 11) is 0. The van der Waals surface area contributed by atoms with Crippen LogP contribution in [0.2, 0.25) is 0 Å². The predicted molar refractivity (Wildman–Crippen MR) is 76.3 cm³/mol. The molecule has 0 aliphatic heterocycles. The summed E-state index contributed by atoms with van der Waals surface area (Å²) in [5.74, 6) is 0.543. The van der Waals surface area contributed by atoms with E-state index in [0.717, 1.165) is 19.6 Å². The number of rotatable bonds is 8. The van der Waals surface area contributed by atoms with Crippen LogP contribution in [0.5, 0.6) is 0 Å². The van der Waals surface area contributed by atoms with Crippen molar-refractivity contribution < 1.29 is 13.9 Å². The molecule has 1 fully saturated rings. The maximum atomic E-state index is 12.0. The Morgan fingerprint density at radius 1 is 1.55 bits per heavy atom. The molecular weight excluding hydrogens is 256 g/mol. The van der Waals surface area contributed by atoms with Crippen LogP contribution in [-0.4, -0.2) is 25.7 Å². The van der Waals surface area contributed by atoms with E-state index >= 15 is 0 Å². The van der Waals surface area contributed by atoms with Gasteiger partial charge in [-0.05, 0) is 37.7 Å². The van der Waals surface area contributed by atoms with Gasteiger partial charge in [-0.15, -0.1) is 0 Å². The highest BCUT2D eigenvalue weighted by atomic mass is 16.5. The molecule has 0 spiro atoms. The molecule has 0 radical (unpaired) electrons. The summed E-state index contributed by atoms with van der Waals surface area (Å²) < 4.78 is 10.6. The van der Waals surface area contributed by atoms with Crippen molar-refractivity contribution in [3.63, 3.8) is 0 Å². The predicted octanol–water partition coefficient (Wildman–Crippen LogP) is 2.07. The largest absolute Gasteiger partial charge is 0.467 e. The van der Waals surface area contributed by atoms with Crippen molar-refractivity contribution in [1.82, 2.24) is 5.32 Å². The third kappa shape index (κ3) is 3.61. The Morgan fingerprint density at radius 2 is 2.35 bits per heavy atom. The molecule has 0 atom stereocenters. The zero-order valence-electron chi connectivity index (χ0n) is 12.1. The maximum absolute atomic E-state index is 12.0. The van der Waals surface area contributed by atoms with Crippen LogP contribution in [0.15, 0.2) is 16.7 Å². The van der Waals surface area contributed by atoms with Gasteiger partial charge in [0.05, 0.1) is 12.1 Å². The molecule has 1 aromatic rings.